The fourth-order valence-corrected chi connectivity index (χ4v) is 1.62. The van der Waals surface area contributed by atoms with Gasteiger partial charge in [-0.2, -0.15) is 0 Å². The molecule has 3 N–H and O–H groups in total. The van der Waals surface area contributed by atoms with Crippen molar-refractivity contribution in [1.82, 2.24) is 4.98 Å². The van der Waals surface area contributed by atoms with Gasteiger partial charge < -0.3 is 10.7 Å². The summed E-state index contributed by atoms with van der Waals surface area (Å²) in [5.41, 5.74) is 7.55. The van der Waals surface area contributed by atoms with Gasteiger partial charge in [-0.15, -0.1) is 0 Å². The minimum absolute atomic E-state index is 0.161. The van der Waals surface area contributed by atoms with Crippen LogP contribution in [0.3, 0.4) is 0 Å². The Morgan fingerprint density at radius 3 is 2.80 bits per heavy atom. The zero-order valence-electron chi connectivity index (χ0n) is 7.83. The molecule has 0 bridgehead atoms. The third-order valence-electron chi connectivity index (χ3n) is 2.11. The Hall–Kier alpha value is -1.74. The van der Waals surface area contributed by atoms with Gasteiger partial charge in [0.15, 0.2) is 0 Å². The second-order valence-electron chi connectivity index (χ2n) is 3.15. The highest BCUT2D eigenvalue weighted by molar-refractivity contribution is 6.35. The Labute approximate surface area is 91.5 Å². The Kier molecular flexibility index (Phi) is 2.47. The van der Waals surface area contributed by atoms with Crippen molar-refractivity contribution < 1.29 is 0 Å². The van der Waals surface area contributed by atoms with E-state index in [0.717, 1.165) is 11.1 Å². The van der Waals surface area contributed by atoms with Crippen LogP contribution in [-0.2, 0) is 0 Å². The van der Waals surface area contributed by atoms with Gasteiger partial charge in [0.1, 0.15) is 0 Å². The van der Waals surface area contributed by atoms with Crippen LogP contribution in [0.1, 0.15) is 0 Å². The Morgan fingerprint density at radius 1 is 1.27 bits per heavy atom. The zero-order chi connectivity index (χ0) is 10.8. The van der Waals surface area contributed by atoms with E-state index in [9.17, 15) is 4.79 Å². The van der Waals surface area contributed by atoms with Crippen LogP contribution in [0.15, 0.2) is 41.3 Å². The maximum atomic E-state index is 11.1. The van der Waals surface area contributed by atoms with E-state index in [2.05, 4.69) is 4.98 Å². The molecule has 0 atom stereocenters. The number of hydrogen-bond acceptors (Lipinski definition) is 2. The Morgan fingerprint density at radius 2 is 2.07 bits per heavy atom. The number of halogens is 1. The predicted molar refractivity (Wildman–Crippen MR) is 61.9 cm³/mol. The number of nitrogens with two attached hydrogens (primary N) is 1. The first kappa shape index (κ1) is 9.80. The van der Waals surface area contributed by atoms with Gasteiger partial charge in [0.05, 0.1) is 10.7 Å². The molecule has 3 nitrogen and oxygen atoms in total. The highest BCUT2D eigenvalue weighted by Gasteiger charge is 2.05. The van der Waals surface area contributed by atoms with E-state index in [1.165, 1.54) is 6.07 Å². The molecule has 0 unspecified atom stereocenters. The molecule has 2 aromatic rings. The largest absolute Gasteiger partial charge is 0.398 e. The first-order chi connectivity index (χ1) is 7.18. The Balaban J connectivity index is 2.64. The predicted octanol–water partition coefficient (Wildman–Crippen LogP) is 2.28. The van der Waals surface area contributed by atoms with E-state index in [0.29, 0.717) is 10.7 Å². The lowest BCUT2D eigenvalue weighted by atomic mass is 10.1. The molecule has 15 heavy (non-hydrogen) atoms. The quantitative estimate of drug-likeness (QED) is 0.725. The summed E-state index contributed by atoms with van der Waals surface area (Å²) in [6, 6.07) is 8.62. The smallest absolute Gasteiger partial charge is 0.248 e. The third kappa shape index (κ3) is 1.87. The van der Waals surface area contributed by atoms with Gasteiger partial charge in [0.2, 0.25) is 5.56 Å². The topological polar surface area (TPSA) is 58.9 Å². The van der Waals surface area contributed by atoms with Crippen molar-refractivity contribution in [2.45, 2.75) is 0 Å². The van der Waals surface area contributed by atoms with Crippen molar-refractivity contribution in [1.29, 1.82) is 0 Å². The standard InChI is InChI=1S/C11H9ClN2O/c12-11-8(2-1-3-9(11)13)7-4-5-14-10(15)6-7/h1-6H,13H2,(H,14,15). The van der Waals surface area contributed by atoms with Crippen LogP contribution < -0.4 is 11.3 Å². The monoisotopic (exact) mass is 220 g/mol. The van der Waals surface area contributed by atoms with Crippen molar-refractivity contribution in [3.63, 3.8) is 0 Å². The molecule has 0 spiro atoms. The van der Waals surface area contributed by atoms with E-state index >= 15 is 0 Å². The number of hydrogen-bond donors (Lipinski definition) is 2. The van der Waals surface area contributed by atoms with Crippen molar-refractivity contribution in [2.75, 3.05) is 5.73 Å². The van der Waals surface area contributed by atoms with Crippen LogP contribution in [0.5, 0.6) is 0 Å². The van der Waals surface area contributed by atoms with Gasteiger partial charge in [0.25, 0.3) is 0 Å². The van der Waals surface area contributed by atoms with Crippen LogP contribution in [0.2, 0.25) is 5.02 Å². The molecule has 2 rings (SSSR count). The summed E-state index contributed by atoms with van der Waals surface area (Å²) in [5.74, 6) is 0. The molecular weight excluding hydrogens is 212 g/mol. The molecule has 76 valence electrons. The fraction of sp³-hybridized carbons (Fsp3) is 0. The number of nitrogen functional groups attached to an aromatic ring is 1. The molecule has 0 saturated carbocycles. The van der Waals surface area contributed by atoms with Gasteiger partial charge in [-0.05, 0) is 17.7 Å². The van der Waals surface area contributed by atoms with Crippen LogP contribution in [0.4, 0.5) is 5.69 Å². The van der Waals surface area contributed by atoms with Gasteiger partial charge in [-0.25, -0.2) is 0 Å². The second kappa shape index (κ2) is 3.79. The van der Waals surface area contributed by atoms with E-state index in [4.69, 9.17) is 17.3 Å². The average Bonchev–Trinajstić information content (AvgIpc) is 2.22. The highest BCUT2D eigenvalue weighted by Crippen LogP contribution is 2.30. The molecule has 0 fully saturated rings. The summed E-state index contributed by atoms with van der Waals surface area (Å²) in [5, 5.41) is 0.475. The number of nitrogens with one attached hydrogen (secondary N) is 1. The molecule has 4 heteroatoms. The zero-order valence-corrected chi connectivity index (χ0v) is 8.58. The Bertz CT molecular complexity index is 548. The number of aromatic nitrogens is 1. The number of anilines is 1. The van der Waals surface area contributed by atoms with Gasteiger partial charge in [-0.1, -0.05) is 23.7 Å². The van der Waals surface area contributed by atoms with E-state index in [1.807, 2.05) is 6.07 Å². The van der Waals surface area contributed by atoms with Crippen molar-refractivity contribution >= 4 is 17.3 Å². The number of rotatable bonds is 1. The molecule has 0 radical (unpaired) electrons. The van der Waals surface area contributed by atoms with E-state index < -0.39 is 0 Å². The lowest BCUT2D eigenvalue weighted by Crippen LogP contribution is -2.02. The molecule has 0 saturated heterocycles. The molecular formula is C11H9ClN2O. The van der Waals surface area contributed by atoms with Gasteiger partial charge in [0, 0.05) is 17.8 Å². The maximum absolute atomic E-state index is 11.1. The first-order valence-electron chi connectivity index (χ1n) is 4.41. The molecule has 0 aliphatic heterocycles. The summed E-state index contributed by atoms with van der Waals surface area (Å²) in [6.07, 6.45) is 1.58. The van der Waals surface area contributed by atoms with E-state index in [1.54, 1.807) is 24.4 Å². The SMILES string of the molecule is Nc1cccc(-c2cc[nH]c(=O)c2)c1Cl. The molecule has 0 amide bonds. The summed E-state index contributed by atoms with van der Waals surface area (Å²) in [7, 11) is 0. The highest BCUT2D eigenvalue weighted by atomic mass is 35.5. The van der Waals surface area contributed by atoms with E-state index in [-0.39, 0.29) is 5.56 Å². The number of H-pyrrole nitrogens is 1. The summed E-state index contributed by atoms with van der Waals surface area (Å²) >= 11 is 6.04. The lowest BCUT2D eigenvalue weighted by Gasteiger charge is -2.05. The molecule has 1 aromatic heterocycles. The molecule has 1 heterocycles. The van der Waals surface area contributed by atoms with Gasteiger partial charge >= 0.3 is 0 Å². The maximum Gasteiger partial charge on any atom is 0.248 e. The number of pyridine rings is 1. The first-order valence-corrected chi connectivity index (χ1v) is 4.79. The summed E-state index contributed by atoms with van der Waals surface area (Å²) < 4.78 is 0. The normalized spacial score (nSPS) is 10.2. The van der Waals surface area contributed by atoms with Crippen LogP contribution in [-0.4, -0.2) is 4.98 Å². The molecule has 0 aliphatic rings. The van der Waals surface area contributed by atoms with Crippen LogP contribution >= 0.6 is 11.6 Å². The lowest BCUT2D eigenvalue weighted by molar-refractivity contribution is 1.24. The second-order valence-corrected chi connectivity index (χ2v) is 3.53. The molecule has 1 aromatic carbocycles. The van der Waals surface area contributed by atoms with Crippen LogP contribution in [0.25, 0.3) is 11.1 Å². The number of benzene rings is 1. The average molecular weight is 221 g/mol. The third-order valence-corrected chi connectivity index (χ3v) is 2.54. The fourth-order valence-electron chi connectivity index (χ4n) is 1.38. The number of aromatic amines is 1. The van der Waals surface area contributed by atoms with Gasteiger partial charge in [-0.3, -0.25) is 4.79 Å². The summed E-state index contributed by atoms with van der Waals surface area (Å²) in [6.45, 7) is 0. The molecule has 0 aliphatic carbocycles. The van der Waals surface area contributed by atoms with Crippen LogP contribution in [0, 0.1) is 0 Å². The van der Waals surface area contributed by atoms with Crippen molar-refractivity contribution in [3.8, 4) is 11.1 Å². The summed E-state index contributed by atoms with van der Waals surface area (Å²) in [4.78, 5) is 13.7. The van der Waals surface area contributed by atoms with Crippen molar-refractivity contribution in [2.24, 2.45) is 0 Å². The minimum Gasteiger partial charge on any atom is -0.398 e. The van der Waals surface area contributed by atoms with Crippen molar-refractivity contribution in [3.05, 3.63) is 51.9 Å². The minimum atomic E-state index is -0.161.